The van der Waals surface area contributed by atoms with Crippen LogP contribution >= 0.6 is 0 Å². The molecule has 0 aliphatic carbocycles. The Bertz CT molecular complexity index is 676. The predicted molar refractivity (Wildman–Crippen MR) is 65.3 cm³/mol. The molecule has 0 saturated heterocycles. The van der Waals surface area contributed by atoms with Crippen LogP contribution in [0.5, 0.6) is 5.75 Å². The SMILES string of the molecule is N#CC(NC(=O)c1cn[nH]n1)c1ccc(OC(F)(F)F)cc1. The molecule has 2 aromatic rings. The smallest absolute Gasteiger partial charge is 0.406 e. The number of alkyl halides is 3. The third-order valence-corrected chi connectivity index (χ3v) is 2.50. The largest absolute Gasteiger partial charge is 0.573 e. The number of nitrogens with zero attached hydrogens (tertiary/aromatic N) is 3. The Morgan fingerprint density at radius 2 is 2.05 bits per heavy atom. The molecule has 10 heteroatoms. The summed E-state index contributed by atoms with van der Waals surface area (Å²) in [6.07, 6.45) is -3.62. The fraction of sp³-hybridized carbons (Fsp3) is 0.167. The zero-order valence-corrected chi connectivity index (χ0v) is 10.8. The first-order valence-corrected chi connectivity index (χ1v) is 5.81. The van der Waals surface area contributed by atoms with E-state index < -0.39 is 24.1 Å². The van der Waals surface area contributed by atoms with Gasteiger partial charge in [0.25, 0.3) is 5.91 Å². The number of rotatable bonds is 4. The van der Waals surface area contributed by atoms with Crippen LogP contribution in [0.3, 0.4) is 0 Å². The lowest BCUT2D eigenvalue weighted by Crippen LogP contribution is -2.28. The molecule has 0 aliphatic heterocycles. The van der Waals surface area contributed by atoms with Crippen LogP contribution in [-0.4, -0.2) is 27.7 Å². The van der Waals surface area contributed by atoms with E-state index in [1.165, 1.54) is 18.3 Å². The molecule has 0 aliphatic rings. The molecule has 1 amide bonds. The molecule has 1 unspecified atom stereocenters. The van der Waals surface area contributed by atoms with Gasteiger partial charge in [0.15, 0.2) is 5.69 Å². The topological polar surface area (TPSA) is 104 Å². The first-order valence-electron chi connectivity index (χ1n) is 5.81. The Kier molecular flexibility index (Phi) is 4.26. The van der Waals surface area contributed by atoms with Crippen LogP contribution in [0.1, 0.15) is 22.1 Å². The number of nitrogens with one attached hydrogen (secondary N) is 2. The van der Waals surface area contributed by atoms with Crippen LogP contribution in [-0.2, 0) is 0 Å². The lowest BCUT2D eigenvalue weighted by molar-refractivity contribution is -0.274. The molecule has 114 valence electrons. The number of halogens is 3. The van der Waals surface area contributed by atoms with Gasteiger partial charge in [0.05, 0.1) is 12.3 Å². The zero-order chi connectivity index (χ0) is 16.2. The number of ether oxygens (including phenoxy) is 1. The van der Waals surface area contributed by atoms with E-state index in [4.69, 9.17) is 5.26 Å². The molecule has 1 aromatic heterocycles. The molecular weight excluding hydrogens is 303 g/mol. The molecule has 0 fully saturated rings. The quantitative estimate of drug-likeness (QED) is 0.894. The molecule has 1 atom stereocenters. The van der Waals surface area contributed by atoms with E-state index in [0.717, 1.165) is 12.1 Å². The Morgan fingerprint density at radius 3 is 2.55 bits per heavy atom. The minimum Gasteiger partial charge on any atom is -0.406 e. The summed E-state index contributed by atoms with van der Waals surface area (Å²) in [5.74, 6) is -1.06. The molecule has 0 radical (unpaired) electrons. The maximum atomic E-state index is 12.0. The first-order chi connectivity index (χ1) is 10.4. The van der Waals surface area contributed by atoms with Gasteiger partial charge in [0.1, 0.15) is 11.8 Å². The highest BCUT2D eigenvalue weighted by Gasteiger charge is 2.31. The van der Waals surface area contributed by atoms with Crippen LogP contribution in [0.4, 0.5) is 13.2 Å². The third kappa shape index (κ3) is 3.95. The van der Waals surface area contributed by atoms with Gasteiger partial charge in [-0.1, -0.05) is 12.1 Å². The van der Waals surface area contributed by atoms with E-state index in [9.17, 15) is 18.0 Å². The van der Waals surface area contributed by atoms with Crippen molar-refractivity contribution >= 4 is 5.91 Å². The zero-order valence-electron chi connectivity index (χ0n) is 10.8. The molecule has 1 heterocycles. The lowest BCUT2D eigenvalue weighted by atomic mass is 10.1. The first kappa shape index (κ1) is 15.3. The summed E-state index contributed by atoms with van der Waals surface area (Å²) in [7, 11) is 0. The minimum atomic E-state index is -4.79. The third-order valence-electron chi connectivity index (χ3n) is 2.50. The fourth-order valence-corrected chi connectivity index (χ4v) is 1.57. The van der Waals surface area contributed by atoms with Crippen molar-refractivity contribution in [2.75, 3.05) is 0 Å². The second-order valence-electron chi connectivity index (χ2n) is 4.01. The number of hydrogen-bond acceptors (Lipinski definition) is 5. The number of benzene rings is 1. The number of H-pyrrole nitrogens is 1. The predicted octanol–water partition coefficient (Wildman–Crippen LogP) is 1.70. The van der Waals surface area contributed by atoms with Crippen molar-refractivity contribution in [3.05, 3.63) is 41.7 Å². The highest BCUT2D eigenvalue weighted by Crippen LogP contribution is 2.24. The van der Waals surface area contributed by atoms with Crippen LogP contribution in [0.2, 0.25) is 0 Å². The van der Waals surface area contributed by atoms with Crippen molar-refractivity contribution in [1.29, 1.82) is 5.26 Å². The van der Waals surface area contributed by atoms with Crippen molar-refractivity contribution in [1.82, 2.24) is 20.7 Å². The molecule has 7 nitrogen and oxygen atoms in total. The van der Waals surface area contributed by atoms with Gasteiger partial charge in [-0.25, -0.2) is 0 Å². The van der Waals surface area contributed by atoms with Gasteiger partial charge in [0.2, 0.25) is 0 Å². The van der Waals surface area contributed by atoms with E-state index in [1.54, 1.807) is 0 Å². The van der Waals surface area contributed by atoms with Crippen molar-refractivity contribution in [2.45, 2.75) is 12.4 Å². The Hall–Kier alpha value is -3.09. The number of aromatic amines is 1. The summed E-state index contributed by atoms with van der Waals surface area (Å²) in [6.45, 7) is 0. The van der Waals surface area contributed by atoms with Gasteiger partial charge in [-0.05, 0) is 17.7 Å². The van der Waals surface area contributed by atoms with Crippen LogP contribution < -0.4 is 10.1 Å². The Morgan fingerprint density at radius 1 is 1.36 bits per heavy atom. The van der Waals surface area contributed by atoms with Gasteiger partial charge in [0, 0.05) is 0 Å². The summed E-state index contributed by atoms with van der Waals surface area (Å²) in [5.41, 5.74) is 0.283. The van der Waals surface area contributed by atoms with Crippen LogP contribution in [0.25, 0.3) is 0 Å². The van der Waals surface area contributed by atoms with Crippen LogP contribution in [0, 0.1) is 11.3 Å². The average Bonchev–Trinajstić information content (AvgIpc) is 2.98. The van der Waals surface area contributed by atoms with Crippen molar-refractivity contribution in [3.8, 4) is 11.8 Å². The fourth-order valence-electron chi connectivity index (χ4n) is 1.57. The molecule has 0 bridgehead atoms. The van der Waals surface area contributed by atoms with Gasteiger partial charge in [-0.3, -0.25) is 4.79 Å². The van der Waals surface area contributed by atoms with Crippen LogP contribution in [0.15, 0.2) is 30.5 Å². The molecule has 2 N–H and O–H groups in total. The molecule has 0 saturated carbocycles. The molecular formula is C12H8F3N5O2. The highest BCUT2D eigenvalue weighted by atomic mass is 19.4. The Balaban J connectivity index is 2.08. The molecule has 22 heavy (non-hydrogen) atoms. The second kappa shape index (κ2) is 6.13. The molecule has 0 spiro atoms. The van der Waals surface area contributed by atoms with Gasteiger partial charge in [-0.15, -0.1) is 13.2 Å². The van der Waals surface area contributed by atoms with Crippen molar-refractivity contribution in [3.63, 3.8) is 0 Å². The second-order valence-corrected chi connectivity index (χ2v) is 4.01. The number of aromatic nitrogens is 3. The van der Waals surface area contributed by atoms with E-state index in [-0.39, 0.29) is 5.69 Å². The van der Waals surface area contributed by atoms with E-state index in [0.29, 0.717) is 5.56 Å². The minimum absolute atomic E-state index is 0.0164. The summed E-state index contributed by atoms with van der Waals surface area (Å²) < 4.78 is 39.9. The van der Waals surface area contributed by atoms with Gasteiger partial charge < -0.3 is 10.1 Å². The van der Waals surface area contributed by atoms with Gasteiger partial charge >= 0.3 is 6.36 Å². The summed E-state index contributed by atoms with van der Waals surface area (Å²) in [6, 6.07) is 5.37. The monoisotopic (exact) mass is 311 g/mol. The summed E-state index contributed by atoms with van der Waals surface area (Å²) >= 11 is 0. The average molecular weight is 311 g/mol. The van der Waals surface area contributed by atoms with Gasteiger partial charge in [-0.2, -0.15) is 20.7 Å². The number of hydrogen-bond donors (Lipinski definition) is 2. The van der Waals surface area contributed by atoms with E-state index in [1.807, 2.05) is 6.07 Å². The number of carbonyl (C=O) groups excluding carboxylic acids is 1. The van der Waals surface area contributed by atoms with Crippen molar-refractivity contribution < 1.29 is 22.7 Å². The van der Waals surface area contributed by atoms with E-state index in [2.05, 4.69) is 25.5 Å². The summed E-state index contributed by atoms with van der Waals surface area (Å²) in [4.78, 5) is 11.7. The Labute approximate surface area is 121 Å². The molecule has 2 rings (SSSR count). The summed E-state index contributed by atoms with van der Waals surface area (Å²) in [5, 5.41) is 20.7. The lowest BCUT2D eigenvalue weighted by Gasteiger charge is -2.12. The van der Waals surface area contributed by atoms with E-state index >= 15 is 0 Å². The number of amides is 1. The standard InChI is InChI=1S/C12H8F3N5O2/c13-12(14,15)22-8-3-1-7(2-4-8)9(5-16)18-11(21)10-6-17-20-19-10/h1-4,6,9H,(H,18,21)(H,17,19,20). The highest BCUT2D eigenvalue weighted by molar-refractivity contribution is 5.92. The number of nitriles is 1. The maximum Gasteiger partial charge on any atom is 0.573 e. The van der Waals surface area contributed by atoms with Crippen molar-refractivity contribution in [2.24, 2.45) is 0 Å². The maximum absolute atomic E-state index is 12.0. The molecule has 1 aromatic carbocycles. The normalized spacial score (nSPS) is 12.3. The number of carbonyl (C=O) groups is 1.